The van der Waals surface area contributed by atoms with Gasteiger partial charge in [-0.2, -0.15) is 5.26 Å². The fraction of sp³-hybridized carbons (Fsp3) is 0.808. The van der Waals surface area contributed by atoms with Crippen LogP contribution in [0.3, 0.4) is 0 Å². The molecule has 1 aliphatic carbocycles. The van der Waals surface area contributed by atoms with E-state index in [4.69, 9.17) is 11.0 Å². The van der Waals surface area contributed by atoms with E-state index in [2.05, 4.69) is 49.6 Å². The summed E-state index contributed by atoms with van der Waals surface area (Å²) in [6.07, 6.45) is 2.72. The van der Waals surface area contributed by atoms with Gasteiger partial charge in [0.2, 0.25) is 0 Å². The van der Waals surface area contributed by atoms with Gasteiger partial charge in [0.25, 0.3) is 6.47 Å². The molecular formula is C26H51MnN4O4-. The van der Waals surface area contributed by atoms with Crippen molar-refractivity contribution >= 4 is 18.7 Å². The van der Waals surface area contributed by atoms with Crippen LogP contribution >= 0.6 is 0 Å². The molecule has 1 heterocycles. The zero-order valence-electron chi connectivity index (χ0n) is 23.9. The standard InChI is InChI=1S/C9H15NO.C7H12N3O.C5H10O2.C3H8.C2H6.Mn/c1-9(2)6-4-10(3)7(5-11)8(6)9;1-5(7(9)11)3-6(4-8)10-2;1-5(2,3)7-4-6;1-3-2;1-2;/h5-8H,4H2,1-3H3;5-6,10H,1,3H2,2H3,(H2,9,11);4H,1-3H3;3H2,1-2H3;1-2H3;/q;-1;;;;. The molecule has 9 heteroatoms. The fourth-order valence-electron chi connectivity index (χ4n) is 3.49. The van der Waals surface area contributed by atoms with Gasteiger partial charge in [-0.05, 0) is 58.5 Å². The number of hydrogen-bond donors (Lipinski definition) is 2. The third-order valence-electron chi connectivity index (χ3n) is 5.47. The Balaban J connectivity index is -0.000000190. The number of nitrogens with zero attached hydrogens (tertiary/aromatic N) is 2. The van der Waals surface area contributed by atoms with Gasteiger partial charge in [-0.1, -0.05) is 53.9 Å². The Morgan fingerprint density at radius 3 is 1.97 bits per heavy atom. The maximum absolute atomic E-state index is 10.7. The molecule has 1 amide bonds. The number of nitrogens with one attached hydrogen (secondary N) is 1. The Bertz CT molecular complexity index is 617. The van der Waals surface area contributed by atoms with Gasteiger partial charge in [-0.15, -0.1) is 0 Å². The topological polar surface area (TPSA) is 126 Å². The number of primary amides is 1. The van der Waals surface area contributed by atoms with Gasteiger partial charge < -0.3 is 27.5 Å². The van der Waals surface area contributed by atoms with E-state index in [0.717, 1.165) is 18.7 Å². The summed E-state index contributed by atoms with van der Waals surface area (Å²) in [7, 11) is 3.70. The van der Waals surface area contributed by atoms with E-state index in [1.165, 1.54) is 6.42 Å². The summed E-state index contributed by atoms with van der Waals surface area (Å²) in [5, 5.41) is 11.2. The Hall–Kier alpha value is -1.46. The third kappa shape index (κ3) is 16.8. The number of hydrogen-bond acceptors (Lipinski definition) is 7. The summed E-state index contributed by atoms with van der Waals surface area (Å²) in [5.74, 6) is 0.459. The Morgan fingerprint density at radius 1 is 1.31 bits per heavy atom. The van der Waals surface area contributed by atoms with Crippen LogP contribution < -0.4 is 11.1 Å². The van der Waals surface area contributed by atoms with Gasteiger partial charge in [0, 0.05) is 23.6 Å². The number of ether oxygens (including phenoxy) is 1. The molecule has 35 heavy (non-hydrogen) atoms. The Kier molecular flexibility index (Phi) is 24.1. The molecule has 3 N–H and O–H groups in total. The number of likely N-dealkylation sites (tertiary alicyclic amines) is 1. The van der Waals surface area contributed by atoms with Crippen molar-refractivity contribution < 1.29 is 36.2 Å². The molecule has 1 radical (unpaired) electrons. The normalized spacial score (nSPS) is 22.3. The number of amides is 1. The zero-order valence-corrected chi connectivity index (χ0v) is 25.0. The van der Waals surface area contributed by atoms with E-state index in [1.807, 2.05) is 47.7 Å². The molecule has 0 spiro atoms. The average Bonchev–Trinajstić information content (AvgIpc) is 3.09. The van der Waals surface area contributed by atoms with Crippen LogP contribution in [-0.4, -0.2) is 61.9 Å². The quantitative estimate of drug-likeness (QED) is 0.301. The maximum atomic E-state index is 10.7. The van der Waals surface area contributed by atoms with Gasteiger partial charge in [-0.25, -0.2) is 0 Å². The monoisotopic (exact) mass is 538 g/mol. The molecule has 1 aliphatic heterocycles. The average molecular weight is 539 g/mol. The molecule has 207 valence electrons. The molecule has 0 aromatic rings. The number of rotatable bonds is 6. The van der Waals surface area contributed by atoms with Crippen molar-refractivity contribution in [3.63, 3.8) is 0 Å². The van der Waals surface area contributed by atoms with Crippen LogP contribution in [0.1, 0.15) is 75.2 Å². The van der Waals surface area contributed by atoms with Crippen LogP contribution in [0.25, 0.3) is 0 Å². The molecule has 0 bridgehead atoms. The molecule has 2 fully saturated rings. The second-order valence-corrected chi connectivity index (χ2v) is 9.86. The Morgan fingerprint density at radius 2 is 1.77 bits per heavy atom. The van der Waals surface area contributed by atoms with Crippen molar-refractivity contribution in [2.45, 2.75) is 92.8 Å². The van der Waals surface area contributed by atoms with Gasteiger partial charge >= 0.3 is 0 Å². The van der Waals surface area contributed by atoms with Gasteiger partial charge in [0.1, 0.15) is 11.9 Å². The van der Waals surface area contributed by atoms with E-state index in [1.54, 1.807) is 7.05 Å². The number of likely N-dealkylation sites (N-methyl/N-ethyl adjacent to an activating group) is 1. The van der Waals surface area contributed by atoms with Crippen LogP contribution in [0.4, 0.5) is 0 Å². The van der Waals surface area contributed by atoms with Crippen molar-refractivity contribution in [3.05, 3.63) is 6.92 Å². The van der Waals surface area contributed by atoms with E-state index in [9.17, 15) is 14.4 Å². The summed E-state index contributed by atoms with van der Waals surface area (Å²) in [6.45, 7) is 23.3. The minimum absolute atomic E-state index is 0. The molecular weight excluding hydrogens is 487 g/mol. The second-order valence-electron chi connectivity index (χ2n) is 9.86. The summed E-state index contributed by atoms with van der Waals surface area (Å²) < 4.78 is 4.55. The first-order valence-corrected chi connectivity index (χ1v) is 12.1. The molecule has 0 aromatic heterocycles. The molecule has 8 nitrogen and oxygen atoms in total. The third-order valence-corrected chi connectivity index (χ3v) is 5.47. The van der Waals surface area contributed by atoms with Gasteiger partial charge in [0.15, 0.2) is 5.91 Å². The van der Waals surface area contributed by atoms with Crippen LogP contribution in [-0.2, 0) is 36.2 Å². The summed E-state index contributed by atoms with van der Waals surface area (Å²) in [5.41, 5.74) is 5.08. The maximum Gasteiger partial charge on any atom is 0.293 e. The molecule has 1 saturated carbocycles. The molecule has 2 aliphatic rings. The number of carbonyl (C=O) groups excluding carboxylic acids is 3. The van der Waals surface area contributed by atoms with E-state index in [0.29, 0.717) is 24.2 Å². The van der Waals surface area contributed by atoms with Crippen LogP contribution in [0.15, 0.2) is 0 Å². The first-order valence-electron chi connectivity index (χ1n) is 12.1. The van der Waals surface area contributed by atoms with Crippen molar-refractivity contribution in [3.8, 4) is 6.07 Å². The van der Waals surface area contributed by atoms with Crippen molar-refractivity contribution in [2.24, 2.45) is 28.9 Å². The number of fused-ring (bicyclic) bond motifs is 1. The molecule has 5 atom stereocenters. The number of nitriles is 1. The first kappa shape index (κ1) is 40.7. The summed E-state index contributed by atoms with van der Waals surface area (Å²) >= 11 is 0. The number of piperidine rings is 1. The second kappa shape index (κ2) is 20.7. The smallest absolute Gasteiger partial charge is 0.293 e. The predicted octanol–water partition coefficient (Wildman–Crippen LogP) is 3.59. The SMILES string of the molecule is CC.CC(C)(C)OC=O.CCC.CN1CC2C(C1C=O)C2(C)C.[CH2-]C(CC(C#N)NC)C(N)=O.[Mn]. The van der Waals surface area contributed by atoms with Crippen LogP contribution in [0.2, 0.25) is 0 Å². The van der Waals surface area contributed by atoms with Crippen molar-refractivity contribution in [1.82, 2.24) is 10.2 Å². The fourth-order valence-corrected chi connectivity index (χ4v) is 3.49. The zero-order chi connectivity index (χ0) is 27.7. The largest absolute Gasteiger partial charge is 0.462 e. The molecule has 0 aromatic carbocycles. The minimum Gasteiger partial charge on any atom is -0.462 e. The number of nitrogens with two attached hydrogens (primary N) is 1. The van der Waals surface area contributed by atoms with Crippen LogP contribution in [0, 0.1) is 41.4 Å². The minimum atomic E-state index is -0.493. The number of aldehydes is 1. The predicted molar refractivity (Wildman–Crippen MR) is 139 cm³/mol. The first-order chi connectivity index (χ1) is 15.7. The van der Waals surface area contributed by atoms with Crippen molar-refractivity contribution in [2.75, 3.05) is 20.6 Å². The van der Waals surface area contributed by atoms with Crippen LogP contribution in [0.5, 0.6) is 0 Å². The summed E-state index contributed by atoms with van der Waals surface area (Å²) in [6, 6.07) is 1.84. The van der Waals surface area contributed by atoms with Crippen molar-refractivity contribution in [1.29, 1.82) is 5.26 Å². The van der Waals surface area contributed by atoms with E-state index in [-0.39, 0.29) is 34.8 Å². The van der Waals surface area contributed by atoms with Gasteiger partial charge in [-0.3, -0.25) is 14.5 Å². The van der Waals surface area contributed by atoms with E-state index < -0.39 is 11.8 Å². The van der Waals surface area contributed by atoms with E-state index >= 15 is 0 Å². The molecule has 1 saturated heterocycles. The molecule has 2 rings (SSSR count). The van der Waals surface area contributed by atoms with Gasteiger partial charge in [0.05, 0.1) is 18.2 Å². The molecule has 5 unspecified atom stereocenters. The Labute approximate surface area is 225 Å². The number of carbonyl (C=O) groups is 3. The summed E-state index contributed by atoms with van der Waals surface area (Å²) in [4.78, 5) is 33.0.